The van der Waals surface area contributed by atoms with Crippen LogP contribution in [0.4, 0.5) is 0 Å². The van der Waals surface area contributed by atoms with Gasteiger partial charge in [0.25, 0.3) is 0 Å². The number of carbonyl (C=O) groups excluding carboxylic acids is 4. The monoisotopic (exact) mass is 541 g/mol. The number of aliphatic hydroxyl groups is 1. The first kappa shape index (κ1) is 31.7. The zero-order chi connectivity index (χ0) is 28.1. The summed E-state index contributed by atoms with van der Waals surface area (Å²) in [6.45, 7) is 1.22. The van der Waals surface area contributed by atoms with Gasteiger partial charge in [-0.05, 0) is 49.5 Å². The summed E-state index contributed by atoms with van der Waals surface area (Å²) in [5.74, 6) is -4.00. The molecule has 14 heteroatoms. The Labute approximate surface area is 218 Å². The van der Waals surface area contributed by atoms with Crippen LogP contribution in [0.15, 0.2) is 24.3 Å². The molecule has 0 saturated heterocycles. The van der Waals surface area contributed by atoms with Gasteiger partial charge in [-0.3, -0.25) is 19.2 Å². The molecule has 0 aliphatic carbocycles. The topological polar surface area (TPSA) is 234 Å². The number of thioether (sulfide) groups is 1. The minimum Gasteiger partial charge on any atom is -0.508 e. The van der Waals surface area contributed by atoms with Crippen molar-refractivity contribution < 1.29 is 39.3 Å². The van der Waals surface area contributed by atoms with Gasteiger partial charge in [0, 0.05) is 12.8 Å². The van der Waals surface area contributed by atoms with Crippen LogP contribution in [0, 0.1) is 0 Å². The molecule has 0 aliphatic heterocycles. The van der Waals surface area contributed by atoms with Crippen molar-refractivity contribution in [3.63, 3.8) is 0 Å². The number of hydrogen-bond acceptors (Lipinski definition) is 9. The van der Waals surface area contributed by atoms with E-state index in [2.05, 4.69) is 16.0 Å². The van der Waals surface area contributed by atoms with Crippen LogP contribution in [0.5, 0.6) is 5.75 Å². The van der Waals surface area contributed by atoms with Gasteiger partial charge in [0.15, 0.2) is 0 Å². The third-order valence-corrected chi connectivity index (χ3v) is 5.98. The molecule has 0 bridgehead atoms. The fraction of sp³-hybridized carbons (Fsp3) is 0.522. The van der Waals surface area contributed by atoms with E-state index in [0.29, 0.717) is 17.7 Å². The zero-order valence-corrected chi connectivity index (χ0v) is 21.5. The molecule has 0 fully saturated rings. The molecule has 0 radical (unpaired) electrons. The van der Waals surface area contributed by atoms with Crippen LogP contribution in [0.3, 0.4) is 0 Å². The van der Waals surface area contributed by atoms with E-state index in [9.17, 15) is 39.3 Å². The van der Waals surface area contributed by atoms with Crippen molar-refractivity contribution >= 4 is 41.4 Å². The highest BCUT2D eigenvalue weighted by atomic mass is 32.2. The molecule has 0 heterocycles. The van der Waals surface area contributed by atoms with Crippen LogP contribution in [0.2, 0.25) is 0 Å². The third kappa shape index (κ3) is 11.5. The first-order valence-corrected chi connectivity index (χ1v) is 12.9. The van der Waals surface area contributed by atoms with Crippen LogP contribution in [-0.2, 0) is 30.4 Å². The Morgan fingerprint density at radius 1 is 0.946 bits per heavy atom. The van der Waals surface area contributed by atoms with Crippen molar-refractivity contribution in [2.75, 3.05) is 12.0 Å². The number of hydrogen-bond donors (Lipinski definition) is 8. The molecule has 5 unspecified atom stereocenters. The number of phenolic OH excluding ortho intramolecular Hbond substituents is 1. The van der Waals surface area contributed by atoms with E-state index in [1.807, 2.05) is 6.26 Å². The van der Waals surface area contributed by atoms with E-state index in [-0.39, 0.29) is 25.0 Å². The number of primary amides is 1. The van der Waals surface area contributed by atoms with Crippen LogP contribution >= 0.6 is 11.8 Å². The Balaban J connectivity index is 3.07. The Kier molecular flexibility index (Phi) is 13.4. The number of amides is 4. The van der Waals surface area contributed by atoms with Crippen molar-refractivity contribution in [1.82, 2.24) is 16.0 Å². The van der Waals surface area contributed by atoms with E-state index in [1.54, 1.807) is 12.1 Å². The highest BCUT2D eigenvalue weighted by Crippen LogP contribution is 2.12. The van der Waals surface area contributed by atoms with Gasteiger partial charge in [-0.15, -0.1) is 0 Å². The quantitative estimate of drug-likeness (QED) is 0.117. The number of carbonyl (C=O) groups is 5. The summed E-state index contributed by atoms with van der Waals surface area (Å²) in [5.41, 5.74) is 11.5. The van der Waals surface area contributed by atoms with Crippen LogP contribution in [0.1, 0.15) is 31.7 Å². The Morgan fingerprint density at radius 3 is 2.05 bits per heavy atom. The highest BCUT2D eigenvalue weighted by molar-refractivity contribution is 7.98. The van der Waals surface area contributed by atoms with E-state index >= 15 is 0 Å². The smallest absolute Gasteiger partial charge is 0.326 e. The van der Waals surface area contributed by atoms with Crippen molar-refractivity contribution in [3.05, 3.63) is 29.8 Å². The molecule has 0 aromatic heterocycles. The number of phenols is 1. The summed E-state index contributed by atoms with van der Waals surface area (Å²) < 4.78 is 0. The summed E-state index contributed by atoms with van der Waals surface area (Å²) in [6, 6.07) is 0.736. The molecule has 0 spiro atoms. The largest absolute Gasteiger partial charge is 0.508 e. The summed E-state index contributed by atoms with van der Waals surface area (Å²) in [4.78, 5) is 61.0. The van der Waals surface area contributed by atoms with Gasteiger partial charge in [0.05, 0.1) is 12.1 Å². The number of aliphatic carboxylic acids is 1. The summed E-state index contributed by atoms with van der Waals surface area (Å²) >= 11 is 1.50. The maximum absolute atomic E-state index is 13.2. The molecule has 1 rings (SSSR count). The maximum Gasteiger partial charge on any atom is 0.326 e. The summed E-state index contributed by atoms with van der Waals surface area (Å²) in [5, 5.41) is 36.1. The third-order valence-electron chi connectivity index (χ3n) is 5.34. The molecule has 0 saturated carbocycles. The molecule has 13 nitrogen and oxygen atoms in total. The second-order valence-corrected chi connectivity index (χ2v) is 9.44. The van der Waals surface area contributed by atoms with Gasteiger partial charge in [0.2, 0.25) is 23.6 Å². The first-order valence-electron chi connectivity index (χ1n) is 11.5. The Hall–Kier alpha value is -3.36. The SMILES string of the molecule is CSCCC(N)C(=O)NC(Cc1ccc(O)cc1)C(=O)NC(C(=O)NC(CCC(N)=O)C(=O)O)C(C)O. The molecule has 37 heavy (non-hydrogen) atoms. The molecule has 4 amide bonds. The standard InChI is InChI=1S/C23H35N5O8S/c1-12(29)19(22(34)26-16(23(35)36)7-8-18(25)31)28-21(33)17(11-13-3-5-14(30)6-4-13)27-20(32)15(24)9-10-37-2/h3-6,12,15-17,19,29-30H,7-11,24H2,1-2H3,(H2,25,31)(H,26,34)(H,27,32)(H,28,33)(H,35,36). The van der Waals surface area contributed by atoms with Crippen LogP contribution < -0.4 is 27.4 Å². The molecule has 1 aromatic rings. The molecule has 5 atom stereocenters. The van der Waals surface area contributed by atoms with Crippen molar-refractivity contribution in [3.8, 4) is 5.75 Å². The number of aliphatic hydroxyl groups excluding tert-OH is 1. The van der Waals surface area contributed by atoms with Gasteiger partial charge in [-0.1, -0.05) is 12.1 Å². The lowest BCUT2D eigenvalue weighted by Gasteiger charge is -2.26. The molecule has 0 aliphatic rings. The molecule has 206 valence electrons. The van der Waals surface area contributed by atoms with Gasteiger partial charge >= 0.3 is 5.97 Å². The van der Waals surface area contributed by atoms with Gasteiger partial charge < -0.3 is 42.7 Å². The Bertz CT molecular complexity index is 944. The fourth-order valence-corrected chi connectivity index (χ4v) is 3.69. The first-order chi connectivity index (χ1) is 17.3. The fourth-order valence-electron chi connectivity index (χ4n) is 3.20. The maximum atomic E-state index is 13.2. The van der Waals surface area contributed by atoms with E-state index in [4.69, 9.17) is 11.5 Å². The van der Waals surface area contributed by atoms with Crippen LogP contribution in [0.25, 0.3) is 0 Å². The second kappa shape index (κ2) is 15.7. The van der Waals surface area contributed by atoms with Gasteiger partial charge in [-0.2, -0.15) is 11.8 Å². The predicted octanol–water partition coefficient (Wildman–Crippen LogP) is -1.80. The van der Waals surface area contributed by atoms with Crippen molar-refractivity contribution in [1.29, 1.82) is 0 Å². The average molecular weight is 542 g/mol. The minimum absolute atomic E-state index is 0.00281. The lowest BCUT2D eigenvalue weighted by atomic mass is 10.0. The number of carboxylic acids is 1. The van der Waals surface area contributed by atoms with Crippen molar-refractivity contribution in [2.24, 2.45) is 11.5 Å². The van der Waals surface area contributed by atoms with Crippen LogP contribution in [-0.4, -0.2) is 87.2 Å². The van der Waals surface area contributed by atoms with E-state index < -0.39 is 59.9 Å². The molecule has 10 N–H and O–H groups in total. The number of carboxylic acid groups (broad SMARTS) is 1. The lowest BCUT2D eigenvalue weighted by molar-refractivity contribution is -0.143. The van der Waals surface area contributed by atoms with Crippen molar-refractivity contribution in [2.45, 2.75) is 62.9 Å². The highest BCUT2D eigenvalue weighted by Gasteiger charge is 2.33. The summed E-state index contributed by atoms with van der Waals surface area (Å²) in [6.07, 6.45) is 0.155. The second-order valence-electron chi connectivity index (χ2n) is 8.45. The Morgan fingerprint density at radius 2 is 1.54 bits per heavy atom. The average Bonchev–Trinajstić information content (AvgIpc) is 2.83. The van der Waals surface area contributed by atoms with E-state index in [0.717, 1.165) is 0 Å². The molecule has 1 aromatic carbocycles. The van der Waals surface area contributed by atoms with Gasteiger partial charge in [-0.25, -0.2) is 4.79 Å². The lowest BCUT2D eigenvalue weighted by Crippen LogP contribution is -2.60. The van der Waals surface area contributed by atoms with Gasteiger partial charge in [0.1, 0.15) is 23.9 Å². The predicted molar refractivity (Wildman–Crippen MR) is 136 cm³/mol. The number of rotatable bonds is 16. The number of nitrogens with two attached hydrogens (primary N) is 2. The zero-order valence-electron chi connectivity index (χ0n) is 20.7. The summed E-state index contributed by atoms with van der Waals surface area (Å²) in [7, 11) is 0. The van der Waals surface area contributed by atoms with E-state index in [1.165, 1.54) is 30.8 Å². The molecular formula is C23H35N5O8S. The number of aromatic hydroxyl groups is 1. The molecular weight excluding hydrogens is 506 g/mol. The minimum atomic E-state index is -1.58. The number of nitrogens with one attached hydrogen (secondary N) is 3. The number of benzene rings is 1. The normalized spacial score (nSPS) is 14.9.